The van der Waals surface area contributed by atoms with Crippen molar-refractivity contribution in [3.8, 4) is 5.75 Å². The maximum Gasteiger partial charge on any atom is 0.295 e. The van der Waals surface area contributed by atoms with Gasteiger partial charge in [0.25, 0.3) is 11.7 Å². The van der Waals surface area contributed by atoms with Crippen molar-refractivity contribution in [2.45, 2.75) is 13.0 Å². The second-order valence-electron chi connectivity index (χ2n) is 6.72. The number of amides is 1. The first-order valence-electron chi connectivity index (χ1n) is 9.06. The quantitative estimate of drug-likeness (QED) is 0.459. The van der Waals surface area contributed by atoms with Crippen LogP contribution in [-0.2, 0) is 14.3 Å². The maximum atomic E-state index is 13.4. The van der Waals surface area contributed by atoms with Crippen LogP contribution in [0.25, 0.3) is 5.76 Å². The van der Waals surface area contributed by atoms with Gasteiger partial charge in [0.2, 0.25) is 0 Å². The zero-order chi connectivity index (χ0) is 21.1. The predicted molar refractivity (Wildman–Crippen MR) is 105 cm³/mol. The molecule has 3 rings (SSSR count). The van der Waals surface area contributed by atoms with Crippen molar-refractivity contribution in [1.82, 2.24) is 4.90 Å². The van der Waals surface area contributed by atoms with Crippen LogP contribution in [0.1, 0.15) is 22.7 Å². The molecule has 0 radical (unpaired) electrons. The number of hydrogen-bond acceptors (Lipinski definition) is 5. The normalized spacial score (nSPS) is 18.3. The van der Waals surface area contributed by atoms with Crippen molar-refractivity contribution in [2.24, 2.45) is 0 Å². The molecule has 152 valence electrons. The fraction of sp³-hybridized carbons (Fsp3) is 0.273. The summed E-state index contributed by atoms with van der Waals surface area (Å²) < 4.78 is 23.7. The minimum atomic E-state index is -0.840. The van der Waals surface area contributed by atoms with Gasteiger partial charge >= 0.3 is 0 Å². The third kappa shape index (κ3) is 3.86. The van der Waals surface area contributed by atoms with Crippen molar-refractivity contribution in [3.63, 3.8) is 0 Å². The van der Waals surface area contributed by atoms with Gasteiger partial charge in [-0.3, -0.25) is 9.59 Å². The lowest BCUT2D eigenvalue weighted by atomic mass is 9.95. The molecule has 1 fully saturated rings. The third-order valence-electron chi connectivity index (χ3n) is 4.93. The summed E-state index contributed by atoms with van der Waals surface area (Å²) >= 11 is 0. The molecule has 0 bridgehead atoms. The van der Waals surface area contributed by atoms with Gasteiger partial charge in [0.15, 0.2) is 0 Å². The van der Waals surface area contributed by atoms with Gasteiger partial charge in [-0.05, 0) is 48.4 Å². The largest absolute Gasteiger partial charge is 0.507 e. The first-order chi connectivity index (χ1) is 13.9. The van der Waals surface area contributed by atoms with Crippen LogP contribution in [0.2, 0.25) is 0 Å². The number of likely N-dealkylation sites (tertiary alicyclic amines) is 1. The van der Waals surface area contributed by atoms with E-state index in [1.54, 1.807) is 18.2 Å². The van der Waals surface area contributed by atoms with Gasteiger partial charge in [0, 0.05) is 19.2 Å². The number of aryl methyl sites for hydroxylation is 1. The number of hydrogen-bond donors (Lipinski definition) is 1. The minimum Gasteiger partial charge on any atom is -0.507 e. The van der Waals surface area contributed by atoms with E-state index in [0.29, 0.717) is 16.9 Å². The molecule has 29 heavy (non-hydrogen) atoms. The summed E-state index contributed by atoms with van der Waals surface area (Å²) in [6, 6.07) is 9.64. The Bertz CT molecular complexity index is 968. The number of nitrogens with zero attached hydrogens (tertiary/aromatic N) is 1. The van der Waals surface area contributed by atoms with E-state index in [-0.39, 0.29) is 24.5 Å². The third-order valence-corrected chi connectivity index (χ3v) is 4.93. The smallest absolute Gasteiger partial charge is 0.295 e. The van der Waals surface area contributed by atoms with Gasteiger partial charge in [0.1, 0.15) is 17.3 Å². The van der Waals surface area contributed by atoms with Crippen LogP contribution in [0.4, 0.5) is 4.39 Å². The Labute approximate surface area is 168 Å². The molecule has 0 saturated carbocycles. The van der Waals surface area contributed by atoms with E-state index >= 15 is 0 Å². The Morgan fingerprint density at radius 2 is 1.83 bits per heavy atom. The molecule has 0 aliphatic carbocycles. The van der Waals surface area contributed by atoms with E-state index in [4.69, 9.17) is 9.47 Å². The summed E-state index contributed by atoms with van der Waals surface area (Å²) in [6.45, 7) is 2.18. The number of carbonyl (C=O) groups is 2. The molecule has 7 heteroatoms. The Morgan fingerprint density at radius 3 is 2.41 bits per heavy atom. The molecule has 1 heterocycles. The molecule has 1 amide bonds. The highest BCUT2D eigenvalue weighted by atomic mass is 19.1. The molecule has 2 aromatic carbocycles. The Morgan fingerprint density at radius 1 is 1.14 bits per heavy atom. The highest BCUT2D eigenvalue weighted by Crippen LogP contribution is 2.39. The molecule has 6 nitrogen and oxygen atoms in total. The molecule has 1 atom stereocenters. The fourth-order valence-electron chi connectivity index (χ4n) is 3.47. The molecular weight excluding hydrogens is 377 g/mol. The van der Waals surface area contributed by atoms with Crippen LogP contribution in [0.3, 0.4) is 0 Å². The Hall–Kier alpha value is -3.19. The molecule has 1 aliphatic heterocycles. The second-order valence-corrected chi connectivity index (χ2v) is 6.72. The molecule has 2 aromatic rings. The average Bonchev–Trinajstić information content (AvgIpc) is 2.96. The van der Waals surface area contributed by atoms with Gasteiger partial charge in [-0.1, -0.05) is 12.1 Å². The van der Waals surface area contributed by atoms with Crippen molar-refractivity contribution in [2.75, 3.05) is 27.4 Å². The van der Waals surface area contributed by atoms with Crippen LogP contribution in [0, 0.1) is 12.7 Å². The summed E-state index contributed by atoms with van der Waals surface area (Å²) in [7, 11) is 3.03. The molecule has 1 aliphatic rings. The van der Waals surface area contributed by atoms with Crippen molar-refractivity contribution in [1.29, 1.82) is 0 Å². The summed E-state index contributed by atoms with van der Waals surface area (Å²) in [4.78, 5) is 26.8. The molecule has 0 aromatic heterocycles. The lowest BCUT2D eigenvalue weighted by Gasteiger charge is -2.25. The fourth-order valence-corrected chi connectivity index (χ4v) is 3.47. The first-order valence-corrected chi connectivity index (χ1v) is 9.06. The van der Waals surface area contributed by atoms with Crippen LogP contribution < -0.4 is 4.74 Å². The van der Waals surface area contributed by atoms with Gasteiger partial charge < -0.3 is 19.5 Å². The number of methoxy groups -OCH3 is 2. The predicted octanol–water partition coefficient (Wildman–Crippen LogP) is 3.21. The summed E-state index contributed by atoms with van der Waals surface area (Å²) in [5, 5.41) is 11.0. The number of rotatable bonds is 6. The topological polar surface area (TPSA) is 76.1 Å². The number of ether oxygens (including phenoxy) is 2. The van der Waals surface area contributed by atoms with E-state index in [1.165, 1.54) is 43.4 Å². The molecule has 0 unspecified atom stereocenters. The molecule has 1 saturated heterocycles. The number of ketones is 1. The minimum absolute atomic E-state index is 0.0396. The molecule has 0 spiro atoms. The van der Waals surface area contributed by atoms with Crippen LogP contribution in [0.5, 0.6) is 5.75 Å². The van der Waals surface area contributed by atoms with Crippen molar-refractivity contribution in [3.05, 3.63) is 70.5 Å². The van der Waals surface area contributed by atoms with E-state index < -0.39 is 23.5 Å². The average molecular weight is 399 g/mol. The highest BCUT2D eigenvalue weighted by Gasteiger charge is 2.45. The number of aliphatic hydroxyl groups excluding tert-OH is 1. The monoisotopic (exact) mass is 399 g/mol. The number of Topliss-reactive ketones (excluding diaryl/α,β-unsaturated/α-hetero) is 1. The van der Waals surface area contributed by atoms with Gasteiger partial charge in [-0.25, -0.2) is 4.39 Å². The second kappa shape index (κ2) is 8.45. The zero-order valence-corrected chi connectivity index (χ0v) is 16.4. The summed E-state index contributed by atoms with van der Waals surface area (Å²) in [5.41, 5.74) is 1.64. The number of benzene rings is 2. The summed E-state index contributed by atoms with van der Waals surface area (Å²) in [6.07, 6.45) is 0. The SMILES string of the molecule is COCCN1C(=O)C(=O)C(=C(O)c2ccc(OC)c(C)c2)[C@@H]1c1ccc(F)cc1. The number of aliphatic hydroxyl groups is 1. The Kier molecular flexibility index (Phi) is 5.98. The van der Waals surface area contributed by atoms with E-state index in [1.807, 2.05) is 6.92 Å². The van der Waals surface area contributed by atoms with Crippen molar-refractivity contribution < 1.29 is 28.6 Å². The lowest BCUT2D eigenvalue weighted by molar-refractivity contribution is -0.140. The van der Waals surface area contributed by atoms with Gasteiger partial charge in [-0.15, -0.1) is 0 Å². The molecular formula is C22H22FNO5. The zero-order valence-electron chi connectivity index (χ0n) is 16.4. The first kappa shape index (κ1) is 20.5. The summed E-state index contributed by atoms with van der Waals surface area (Å²) in [5.74, 6) is -1.61. The van der Waals surface area contributed by atoms with Crippen LogP contribution in [0.15, 0.2) is 48.0 Å². The van der Waals surface area contributed by atoms with E-state index in [0.717, 1.165) is 5.56 Å². The maximum absolute atomic E-state index is 13.4. The highest BCUT2D eigenvalue weighted by molar-refractivity contribution is 6.46. The van der Waals surface area contributed by atoms with E-state index in [2.05, 4.69) is 0 Å². The standard InChI is InChI=1S/C22H22FNO5/c1-13-12-15(6-9-17(13)29-3)20(25)18-19(14-4-7-16(23)8-5-14)24(10-11-28-2)22(27)21(18)26/h4-9,12,19,25H,10-11H2,1-3H3/t19-/m0/s1. The molecule has 1 N–H and O–H groups in total. The van der Waals surface area contributed by atoms with Gasteiger partial charge in [0.05, 0.1) is 25.3 Å². The van der Waals surface area contributed by atoms with Crippen LogP contribution in [-0.4, -0.2) is 49.1 Å². The number of carbonyl (C=O) groups excluding carboxylic acids is 2. The van der Waals surface area contributed by atoms with Gasteiger partial charge in [-0.2, -0.15) is 0 Å². The number of halogens is 1. The Balaban J connectivity index is 2.15. The van der Waals surface area contributed by atoms with E-state index in [9.17, 15) is 19.1 Å². The lowest BCUT2D eigenvalue weighted by Crippen LogP contribution is -2.32. The van der Waals surface area contributed by atoms with Crippen LogP contribution >= 0.6 is 0 Å². The van der Waals surface area contributed by atoms with Crippen molar-refractivity contribution >= 4 is 17.4 Å².